The maximum absolute atomic E-state index is 10.6. The minimum atomic E-state index is -0.142. The molecule has 0 unspecified atom stereocenters. The van der Waals surface area contributed by atoms with E-state index in [0.29, 0.717) is 17.3 Å². The number of halogens is 1. The quantitative estimate of drug-likeness (QED) is 0.857. The average Bonchev–Trinajstić information content (AvgIpc) is 2.39. The Kier molecular flexibility index (Phi) is 4.07. The number of nitrogens with two attached hydrogens (primary N) is 1. The molecule has 2 rings (SSSR count). The number of hydrogen-bond donors (Lipinski definition) is 2. The molecule has 0 aliphatic rings. The van der Waals surface area contributed by atoms with Gasteiger partial charge in [0.15, 0.2) is 0 Å². The summed E-state index contributed by atoms with van der Waals surface area (Å²) in [5, 5.41) is 11.3. The third-order valence-electron chi connectivity index (χ3n) is 3.37. The first kappa shape index (κ1) is 14.9. The Morgan fingerprint density at radius 3 is 2.20 bits per heavy atom. The largest absolute Gasteiger partial charge is 0.507 e. The van der Waals surface area contributed by atoms with Gasteiger partial charge < -0.3 is 10.8 Å². The van der Waals surface area contributed by atoms with Gasteiger partial charge in [-0.15, -0.1) is 0 Å². The second-order valence-corrected chi connectivity index (χ2v) is 6.44. The standard InChI is InChI=1S/C17H20ClNO/c1-17(2,3)15-9-11(10-19)8-14(16(15)20)12-4-6-13(18)7-5-12/h4-9,20H,10,19H2,1-3H3. The van der Waals surface area contributed by atoms with Gasteiger partial charge in [-0.1, -0.05) is 50.6 Å². The molecule has 0 atom stereocenters. The topological polar surface area (TPSA) is 46.2 Å². The summed E-state index contributed by atoms with van der Waals surface area (Å²) >= 11 is 5.92. The lowest BCUT2D eigenvalue weighted by atomic mass is 9.83. The van der Waals surface area contributed by atoms with Gasteiger partial charge in [0.2, 0.25) is 0 Å². The zero-order valence-corrected chi connectivity index (χ0v) is 12.8. The van der Waals surface area contributed by atoms with Crippen LogP contribution < -0.4 is 5.73 Å². The van der Waals surface area contributed by atoms with Crippen molar-refractivity contribution in [3.63, 3.8) is 0 Å². The summed E-state index contributed by atoms with van der Waals surface area (Å²) in [6.07, 6.45) is 0. The van der Waals surface area contributed by atoms with Gasteiger partial charge in [0.05, 0.1) is 0 Å². The van der Waals surface area contributed by atoms with Crippen molar-refractivity contribution in [2.75, 3.05) is 0 Å². The highest BCUT2D eigenvalue weighted by Crippen LogP contribution is 2.39. The summed E-state index contributed by atoms with van der Waals surface area (Å²) in [7, 11) is 0. The Bertz CT molecular complexity index is 612. The van der Waals surface area contributed by atoms with E-state index in [0.717, 1.165) is 22.3 Å². The van der Waals surface area contributed by atoms with Gasteiger partial charge in [-0.25, -0.2) is 0 Å². The SMILES string of the molecule is CC(C)(C)c1cc(CN)cc(-c2ccc(Cl)cc2)c1O. The molecule has 2 aromatic rings. The van der Waals surface area contributed by atoms with Crippen LogP contribution in [-0.2, 0) is 12.0 Å². The number of rotatable bonds is 2. The predicted molar refractivity (Wildman–Crippen MR) is 85.1 cm³/mol. The fraction of sp³-hybridized carbons (Fsp3) is 0.294. The Morgan fingerprint density at radius 1 is 1.10 bits per heavy atom. The summed E-state index contributed by atoms with van der Waals surface area (Å²) in [6, 6.07) is 11.4. The number of hydrogen-bond acceptors (Lipinski definition) is 2. The van der Waals surface area contributed by atoms with E-state index >= 15 is 0 Å². The molecule has 2 nitrogen and oxygen atoms in total. The molecule has 106 valence electrons. The first-order chi connectivity index (χ1) is 9.32. The second kappa shape index (κ2) is 5.47. The molecule has 2 aromatic carbocycles. The van der Waals surface area contributed by atoms with Crippen molar-refractivity contribution in [2.45, 2.75) is 32.7 Å². The highest BCUT2D eigenvalue weighted by molar-refractivity contribution is 6.30. The average molecular weight is 290 g/mol. The summed E-state index contributed by atoms with van der Waals surface area (Å²) in [6.45, 7) is 6.68. The lowest BCUT2D eigenvalue weighted by Gasteiger charge is -2.23. The normalized spacial score (nSPS) is 11.7. The van der Waals surface area contributed by atoms with Crippen molar-refractivity contribution in [1.29, 1.82) is 0 Å². The fourth-order valence-electron chi connectivity index (χ4n) is 2.23. The van der Waals surface area contributed by atoms with E-state index in [-0.39, 0.29) is 5.41 Å². The van der Waals surface area contributed by atoms with Crippen LogP contribution in [0.3, 0.4) is 0 Å². The number of aromatic hydroxyl groups is 1. The van der Waals surface area contributed by atoms with Gasteiger partial charge in [0.1, 0.15) is 5.75 Å². The maximum atomic E-state index is 10.6. The van der Waals surface area contributed by atoms with E-state index in [2.05, 4.69) is 20.8 Å². The van der Waals surface area contributed by atoms with Crippen LogP contribution in [0, 0.1) is 0 Å². The lowest BCUT2D eigenvalue weighted by molar-refractivity contribution is 0.448. The zero-order valence-electron chi connectivity index (χ0n) is 12.1. The number of benzene rings is 2. The summed E-state index contributed by atoms with van der Waals surface area (Å²) < 4.78 is 0. The van der Waals surface area contributed by atoms with Crippen molar-refractivity contribution in [3.05, 3.63) is 52.5 Å². The third-order valence-corrected chi connectivity index (χ3v) is 3.62. The Labute approximate surface area is 125 Å². The van der Waals surface area contributed by atoms with Gasteiger partial charge in [-0.3, -0.25) is 0 Å². The minimum Gasteiger partial charge on any atom is -0.507 e. The smallest absolute Gasteiger partial charge is 0.127 e. The highest BCUT2D eigenvalue weighted by Gasteiger charge is 2.21. The molecule has 20 heavy (non-hydrogen) atoms. The Morgan fingerprint density at radius 2 is 1.70 bits per heavy atom. The molecule has 0 aliphatic carbocycles. The van der Waals surface area contributed by atoms with Gasteiger partial charge in [0, 0.05) is 22.7 Å². The Balaban J connectivity index is 2.66. The molecular weight excluding hydrogens is 270 g/mol. The van der Waals surface area contributed by atoms with E-state index in [9.17, 15) is 5.11 Å². The molecule has 0 bridgehead atoms. The molecule has 0 amide bonds. The molecule has 0 spiro atoms. The van der Waals surface area contributed by atoms with Crippen molar-refractivity contribution >= 4 is 11.6 Å². The molecule has 0 aromatic heterocycles. The highest BCUT2D eigenvalue weighted by atomic mass is 35.5. The number of phenols is 1. The zero-order chi connectivity index (χ0) is 14.9. The summed E-state index contributed by atoms with van der Waals surface area (Å²) in [4.78, 5) is 0. The minimum absolute atomic E-state index is 0.142. The van der Waals surface area contributed by atoms with E-state index in [1.54, 1.807) is 0 Å². The van der Waals surface area contributed by atoms with Crippen molar-refractivity contribution < 1.29 is 5.11 Å². The van der Waals surface area contributed by atoms with Crippen LogP contribution in [0.2, 0.25) is 5.02 Å². The van der Waals surface area contributed by atoms with E-state index in [1.165, 1.54) is 0 Å². The Hall–Kier alpha value is -1.51. The second-order valence-electron chi connectivity index (χ2n) is 6.00. The van der Waals surface area contributed by atoms with Crippen LogP contribution in [0.5, 0.6) is 5.75 Å². The van der Waals surface area contributed by atoms with Crippen LogP contribution in [0.1, 0.15) is 31.9 Å². The molecule has 0 saturated carbocycles. The molecule has 0 aliphatic heterocycles. The van der Waals surface area contributed by atoms with Crippen LogP contribution in [0.25, 0.3) is 11.1 Å². The van der Waals surface area contributed by atoms with Crippen molar-refractivity contribution in [2.24, 2.45) is 5.73 Å². The molecular formula is C17H20ClNO. The van der Waals surface area contributed by atoms with E-state index in [1.807, 2.05) is 36.4 Å². The van der Waals surface area contributed by atoms with Crippen LogP contribution >= 0.6 is 11.6 Å². The number of phenolic OH excluding ortho intramolecular Hbond substituents is 1. The van der Waals surface area contributed by atoms with Gasteiger partial charge in [-0.05, 0) is 34.7 Å². The van der Waals surface area contributed by atoms with Gasteiger partial charge in [0.25, 0.3) is 0 Å². The molecule has 0 heterocycles. The molecule has 3 heteroatoms. The molecule has 3 N–H and O–H groups in total. The lowest BCUT2D eigenvalue weighted by Crippen LogP contribution is -2.13. The van der Waals surface area contributed by atoms with E-state index < -0.39 is 0 Å². The van der Waals surface area contributed by atoms with Gasteiger partial charge >= 0.3 is 0 Å². The monoisotopic (exact) mass is 289 g/mol. The predicted octanol–water partition coefficient (Wildman–Crippen LogP) is 4.47. The van der Waals surface area contributed by atoms with E-state index in [4.69, 9.17) is 17.3 Å². The van der Waals surface area contributed by atoms with Gasteiger partial charge in [-0.2, -0.15) is 0 Å². The fourth-order valence-corrected chi connectivity index (χ4v) is 2.36. The van der Waals surface area contributed by atoms with Crippen LogP contribution in [-0.4, -0.2) is 5.11 Å². The first-order valence-electron chi connectivity index (χ1n) is 6.65. The summed E-state index contributed by atoms with van der Waals surface area (Å²) in [5.41, 5.74) is 9.30. The maximum Gasteiger partial charge on any atom is 0.127 e. The van der Waals surface area contributed by atoms with Crippen LogP contribution in [0.15, 0.2) is 36.4 Å². The molecule has 0 saturated heterocycles. The first-order valence-corrected chi connectivity index (χ1v) is 7.03. The van der Waals surface area contributed by atoms with Crippen LogP contribution in [0.4, 0.5) is 0 Å². The third kappa shape index (κ3) is 2.97. The molecule has 0 radical (unpaired) electrons. The van der Waals surface area contributed by atoms with Crippen molar-refractivity contribution in [1.82, 2.24) is 0 Å². The molecule has 0 fully saturated rings. The summed E-state index contributed by atoms with van der Waals surface area (Å²) in [5.74, 6) is 0.317. The van der Waals surface area contributed by atoms with Crippen molar-refractivity contribution in [3.8, 4) is 16.9 Å².